The van der Waals surface area contributed by atoms with Crippen LogP contribution in [0.25, 0.3) is 278 Å². The molecule has 0 bridgehead atoms. The molecule has 0 atom stereocenters. The van der Waals surface area contributed by atoms with Gasteiger partial charge in [-0.2, -0.15) is 9.97 Å². The second-order valence-corrected chi connectivity index (χ2v) is 38.6. The lowest BCUT2D eigenvalue weighted by Crippen LogP contribution is -2.06. The van der Waals surface area contributed by atoms with Crippen molar-refractivity contribution in [2.75, 3.05) is 0 Å². The number of hydrogen-bond donors (Lipinski definition) is 0. The molecule has 0 aliphatic heterocycles. The Morgan fingerprint density at radius 2 is 0.327 bits per heavy atom. The Hall–Kier alpha value is -20.3. The highest BCUT2D eigenvalue weighted by molar-refractivity contribution is 6.19. The van der Waals surface area contributed by atoms with Gasteiger partial charge in [-0.3, -0.25) is 9.13 Å². The van der Waals surface area contributed by atoms with Gasteiger partial charge in [0.15, 0.2) is 17.5 Å². The zero-order chi connectivity index (χ0) is 98.8. The van der Waals surface area contributed by atoms with Gasteiger partial charge in [-0.15, -0.1) is 0 Å². The van der Waals surface area contributed by atoms with Crippen LogP contribution in [0.2, 0.25) is 0 Å². The van der Waals surface area contributed by atoms with Gasteiger partial charge in [0.25, 0.3) is 0 Å². The van der Waals surface area contributed by atoms with Gasteiger partial charge < -0.3 is 18.3 Å². The minimum absolute atomic E-state index is 0.564. The minimum Gasteiger partial charge on any atom is -0.309 e. The van der Waals surface area contributed by atoms with E-state index in [0.717, 1.165) is 161 Å². The molecule has 700 valence electrons. The monoisotopic (exact) mass is 1910 g/mol. The van der Waals surface area contributed by atoms with Crippen molar-refractivity contribution in [1.82, 2.24) is 52.3 Å². The van der Waals surface area contributed by atoms with Crippen molar-refractivity contribution < 1.29 is 0 Å². The predicted molar refractivity (Wildman–Crippen MR) is 622 cm³/mol. The molecule has 8 heterocycles. The molecule has 0 aliphatic carbocycles. The first-order valence-corrected chi connectivity index (χ1v) is 51.0. The molecular formula is C139H89N11. The summed E-state index contributed by atoms with van der Waals surface area (Å²) in [5.41, 5.74) is 36.7. The minimum atomic E-state index is 0.564. The molecule has 11 heteroatoms. The molecule has 0 saturated heterocycles. The SMILES string of the molecule is c1ccc(-c2ccc3c(c2)c2cc(-c4ccc5c(c4)c4cc(-c6ccccc6)ccc4n5-c4cc(-c5ccccc5)nc(-c5ccccc5)n4)ccc2n3-c2ccc3c(c2)c2ccccc2n3-c2ccccc2)cc1.c1ccc(-c2ccc3c(c2)c2cc(-c4ccc5c(c4)c4cc(-c6ccccc6)ccc4n5-c4nc(-c5ccccc5)nc(-c5ccccc5)n4)ccc2n3-c2ccc3c(c2)c2ccccc2n3-c2ccccc2)cc1. The van der Waals surface area contributed by atoms with E-state index in [9.17, 15) is 0 Å². The molecular weight excluding hydrogens is 1820 g/mol. The quantitative estimate of drug-likeness (QED) is 0.0961. The molecule has 8 aromatic heterocycles. The van der Waals surface area contributed by atoms with Crippen LogP contribution >= 0.6 is 0 Å². The number of hydrogen-bond acceptors (Lipinski definition) is 5. The maximum atomic E-state index is 5.35. The Kier molecular flexibility index (Phi) is 20.7. The Morgan fingerprint density at radius 1 is 0.113 bits per heavy atom. The highest BCUT2D eigenvalue weighted by atomic mass is 15.2. The van der Waals surface area contributed by atoms with Gasteiger partial charge in [0.05, 0.1) is 71.9 Å². The molecule has 0 unspecified atom stereocenters. The van der Waals surface area contributed by atoms with Crippen molar-refractivity contribution in [2.24, 2.45) is 0 Å². The highest BCUT2D eigenvalue weighted by Gasteiger charge is 2.27. The van der Waals surface area contributed by atoms with Crippen LogP contribution in [0.15, 0.2) is 540 Å². The van der Waals surface area contributed by atoms with E-state index < -0.39 is 0 Å². The molecule has 11 nitrogen and oxygen atoms in total. The van der Waals surface area contributed by atoms with Crippen LogP contribution in [0, 0.1) is 0 Å². The Morgan fingerprint density at radius 3 is 0.627 bits per heavy atom. The third-order valence-corrected chi connectivity index (χ3v) is 29.9. The summed E-state index contributed by atoms with van der Waals surface area (Å²) in [6.07, 6.45) is 0. The predicted octanol–water partition coefficient (Wildman–Crippen LogP) is 35.6. The van der Waals surface area contributed by atoms with Crippen molar-refractivity contribution in [3.05, 3.63) is 540 Å². The number of rotatable bonds is 16. The van der Waals surface area contributed by atoms with Crippen molar-refractivity contribution in [3.63, 3.8) is 0 Å². The smallest absolute Gasteiger partial charge is 0.238 e. The third kappa shape index (κ3) is 14.8. The topological polar surface area (TPSA) is 94.0 Å². The average Bonchev–Trinajstić information content (AvgIpc) is 1.57. The first-order chi connectivity index (χ1) is 74.4. The van der Waals surface area contributed by atoms with Gasteiger partial charge in [0.1, 0.15) is 5.82 Å². The fraction of sp³-hybridized carbons (Fsp3) is 0. The normalized spacial score (nSPS) is 11.7. The van der Waals surface area contributed by atoms with Crippen molar-refractivity contribution in [3.8, 4) is 147 Å². The van der Waals surface area contributed by atoms with Crippen LogP contribution in [0.3, 0.4) is 0 Å². The van der Waals surface area contributed by atoms with E-state index >= 15 is 0 Å². The number of fused-ring (bicyclic) bond motifs is 18. The molecule has 22 aromatic carbocycles. The van der Waals surface area contributed by atoms with Crippen LogP contribution in [0.4, 0.5) is 0 Å². The first-order valence-electron chi connectivity index (χ1n) is 51.0. The Bertz CT molecular complexity index is 9830. The summed E-state index contributed by atoms with van der Waals surface area (Å²) < 4.78 is 14.2. The lowest BCUT2D eigenvalue weighted by Gasteiger charge is -2.12. The summed E-state index contributed by atoms with van der Waals surface area (Å²) in [5, 5.41) is 14.2. The molecule has 30 aromatic rings. The fourth-order valence-corrected chi connectivity index (χ4v) is 22.9. The van der Waals surface area contributed by atoms with Gasteiger partial charge in [-0.05, 0) is 237 Å². The van der Waals surface area contributed by atoms with Gasteiger partial charge >= 0.3 is 0 Å². The van der Waals surface area contributed by atoms with E-state index in [4.69, 9.17) is 24.9 Å². The van der Waals surface area contributed by atoms with Gasteiger partial charge in [-0.25, -0.2) is 15.0 Å². The summed E-state index contributed by atoms with van der Waals surface area (Å²) in [4.78, 5) is 26.0. The van der Waals surface area contributed by atoms with Gasteiger partial charge in [0.2, 0.25) is 5.95 Å². The van der Waals surface area contributed by atoms with E-state index in [1.165, 1.54) is 93.0 Å². The lowest BCUT2D eigenvalue weighted by atomic mass is 9.98. The van der Waals surface area contributed by atoms with Crippen LogP contribution in [-0.4, -0.2) is 52.3 Å². The molecule has 150 heavy (non-hydrogen) atoms. The molecule has 0 amide bonds. The van der Waals surface area contributed by atoms with Crippen LogP contribution in [0.5, 0.6) is 0 Å². The van der Waals surface area contributed by atoms with E-state index in [-0.39, 0.29) is 0 Å². The maximum absolute atomic E-state index is 5.35. The summed E-state index contributed by atoms with van der Waals surface area (Å²) in [6.45, 7) is 0. The summed E-state index contributed by atoms with van der Waals surface area (Å²) in [5.74, 6) is 3.30. The zero-order valence-electron chi connectivity index (χ0n) is 81.3. The maximum Gasteiger partial charge on any atom is 0.238 e. The summed E-state index contributed by atoms with van der Waals surface area (Å²) >= 11 is 0. The van der Waals surface area contributed by atoms with Gasteiger partial charge in [0, 0.05) is 116 Å². The average molecular weight is 1910 g/mol. The second kappa shape index (κ2) is 35.9. The summed E-state index contributed by atoms with van der Waals surface area (Å²) in [7, 11) is 0. The van der Waals surface area contributed by atoms with E-state index in [1.807, 2.05) is 60.7 Å². The van der Waals surface area contributed by atoms with Crippen LogP contribution < -0.4 is 0 Å². The second-order valence-electron chi connectivity index (χ2n) is 38.6. The van der Waals surface area contributed by atoms with Crippen molar-refractivity contribution >= 4 is 131 Å². The molecule has 0 saturated carbocycles. The number of para-hydroxylation sites is 4. The summed E-state index contributed by atoms with van der Waals surface area (Å²) in [6, 6.07) is 194. The molecule has 0 spiro atoms. The molecule has 30 rings (SSSR count). The lowest BCUT2D eigenvalue weighted by molar-refractivity contribution is 0.953. The Balaban J connectivity index is 0.000000141. The van der Waals surface area contributed by atoms with Crippen molar-refractivity contribution in [2.45, 2.75) is 0 Å². The van der Waals surface area contributed by atoms with Crippen molar-refractivity contribution in [1.29, 1.82) is 0 Å². The first kappa shape index (κ1) is 86.4. The van der Waals surface area contributed by atoms with E-state index in [2.05, 4.69) is 507 Å². The van der Waals surface area contributed by atoms with Gasteiger partial charge in [-0.1, -0.05) is 364 Å². The zero-order valence-corrected chi connectivity index (χ0v) is 81.3. The standard InChI is InChI=1S/C70H45N5.C69H44N6/c1-6-18-46(19-7-1)50-30-35-64-57(40-50)58-42-52(32-36-65(58)74(64)55-34-39-66-61(44-55)56-28-16-17-29-63(56)73(66)54-26-14-5-15-27-54)53-33-38-68-60(43-53)59-41-51(47-20-8-2-9-21-47)31-37-67(59)75(68)69-45-62(48-22-10-3-11-23-48)71-70(72-69)49-24-12-4-13-25-49;1-6-18-45(19-7-1)49-30-35-62-56(40-49)57-42-51(32-36-63(57)74(62)54-34-39-64-60(44-54)55-28-16-17-29-61(55)73(64)53-26-14-5-15-27-53)52-33-38-66-59(43-52)58-41-50(46-20-8-2-9-21-46)31-37-65(58)75(66)69-71-67(47-22-10-3-11-23-47)70-68(72-69)48-24-12-4-13-25-48/h1-45H;1-44H. The van der Waals surface area contributed by atoms with E-state index in [0.29, 0.717) is 23.4 Å². The largest absolute Gasteiger partial charge is 0.309 e. The molecule has 0 radical (unpaired) electrons. The van der Waals surface area contributed by atoms with Crippen LogP contribution in [-0.2, 0) is 0 Å². The third-order valence-electron chi connectivity index (χ3n) is 29.9. The fourth-order valence-electron chi connectivity index (χ4n) is 22.9. The molecule has 0 fully saturated rings. The number of benzene rings is 22. The molecule has 0 N–H and O–H groups in total. The van der Waals surface area contributed by atoms with Crippen LogP contribution in [0.1, 0.15) is 0 Å². The van der Waals surface area contributed by atoms with E-state index in [1.54, 1.807) is 0 Å². The number of aromatic nitrogens is 11. The Labute approximate surface area is 863 Å². The highest BCUT2D eigenvalue weighted by Crippen LogP contribution is 2.48. The molecule has 0 aliphatic rings. The number of nitrogens with zero attached hydrogens (tertiary/aromatic N) is 11.